The van der Waals surface area contributed by atoms with E-state index >= 15 is 0 Å². The SMILES string of the molecule is Cc1cccc(C=O)c1OCc1noc(C(C)C)n1. The molecule has 19 heavy (non-hydrogen) atoms. The predicted molar refractivity (Wildman–Crippen MR) is 69.3 cm³/mol. The van der Waals surface area contributed by atoms with Gasteiger partial charge in [0.2, 0.25) is 11.7 Å². The highest BCUT2D eigenvalue weighted by Gasteiger charge is 2.12. The Kier molecular flexibility index (Phi) is 3.94. The van der Waals surface area contributed by atoms with Crippen LogP contribution in [0.5, 0.6) is 5.75 Å². The van der Waals surface area contributed by atoms with Gasteiger partial charge in [0.05, 0.1) is 5.56 Å². The van der Waals surface area contributed by atoms with Crippen molar-refractivity contribution in [1.82, 2.24) is 10.1 Å². The zero-order chi connectivity index (χ0) is 13.8. The van der Waals surface area contributed by atoms with E-state index in [1.807, 2.05) is 32.9 Å². The Labute approximate surface area is 111 Å². The molecule has 1 heterocycles. The molecule has 0 bridgehead atoms. The van der Waals surface area contributed by atoms with Crippen LogP contribution in [0.2, 0.25) is 0 Å². The molecule has 0 amide bonds. The third kappa shape index (κ3) is 2.99. The van der Waals surface area contributed by atoms with E-state index < -0.39 is 0 Å². The molecule has 0 aliphatic heterocycles. The van der Waals surface area contributed by atoms with Gasteiger partial charge >= 0.3 is 0 Å². The highest BCUT2D eigenvalue weighted by Crippen LogP contribution is 2.22. The fourth-order valence-corrected chi connectivity index (χ4v) is 1.66. The van der Waals surface area contributed by atoms with E-state index in [2.05, 4.69) is 10.1 Å². The molecule has 2 rings (SSSR count). The van der Waals surface area contributed by atoms with Crippen LogP contribution in [-0.2, 0) is 6.61 Å². The molecule has 0 saturated carbocycles. The van der Waals surface area contributed by atoms with Crippen LogP contribution in [0.3, 0.4) is 0 Å². The van der Waals surface area contributed by atoms with Gasteiger partial charge in [-0.3, -0.25) is 4.79 Å². The molecule has 1 aromatic carbocycles. The molecule has 0 fully saturated rings. The third-order valence-corrected chi connectivity index (χ3v) is 2.69. The number of aromatic nitrogens is 2. The minimum atomic E-state index is 0.182. The number of carbonyl (C=O) groups is 1. The molecular formula is C14H16N2O3. The van der Waals surface area contributed by atoms with Gasteiger partial charge in [-0.15, -0.1) is 0 Å². The van der Waals surface area contributed by atoms with Crippen LogP contribution >= 0.6 is 0 Å². The number of para-hydroxylation sites is 1. The molecule has 0 atom stereocenters. The summed E-state index contributed by atoms with van der Waals surface area (Å²) in [4.78, 5) is 15.2. The van der Waals surface area contributed by atoms with Crippen molar-refractivity contribution >= 4 is 6.29 Å². The van der Waals surface area contributed by atoms with E-state index in [0.29, 0.717) is 23.0 Å². The first-order valence-corrected chi connectivity index (χ1v) is 6.12. The molecule has 5 heteroatoms. The molecular weight excluding hydrogens is 244 g/mol. The monoisotopic (exact) mass is 260 g/mol. The van der Waals surface area contributed by atoms with Crippen molar-refractivity contribution in [3.63, 3.8) is 0 Å². The topological polar surface area (TPSA) is 65.2 Å². The van der Waals surface area contributed by atoms with Gasteiger partial charge in [-0.05, 0) is 18.6 Å². The minimum Gasteiger partial charge on any atom is -0.484 e. The number of aryl methyl sites for hydroxylation is 1. The second-order valence-corrected chi connectivity index (χ2v) is 4.60. The number of carbonyl (C=O) groups excluding carboxylic acids is 1. The van der Waals surface area contributed by atoms with Crippen LogP contribution in [0.1, 0.15) is 47.4 Å². The third-order valence-electron chi connectivity index (χ3n) is 2.69. The molecule has 2 aromatic rings. The molecule has 0 radical (unpaired) electrons. The molecule has 0 unspecified atom stereocenters. The number of ether oxygens (including phenoxy) is 1. The minimum absolute atomic E-state index is 0.182. The van der Waals surface area contributed by atoms with E-state index in [-0.39, 0.29) is 12.5 Å². The van der Waals surface area contributed by atoms with Gasteiger partial charge in [0.15, 0.2) is 12.9 Å². The van der Waals surface area contributed by atoms with Crippen LogP contribution in [0, 0.1) is 6.92 Å². The predicted octanol–water partition coefficient (Wildman–Crippen LogP) is 2.89. The number of hydrogen-bond acceptors (Lipinski definition) is 5. The summed E-state index contributed by atoms with van der Waals surface area (Å²) in [6.45, 7) is 6.02. The second kappa shape index (κ2) is 5.65. The van der Waals surface area contributed by atoms with Gasteiger partial charge in [0.1, 0.15) is 5.75 Å². The van der Waals surface area contributed by atoms with Crippen LogP contribution in [0.15, 0.2) is 22.7 Å². The fraction of sp³-hybridized carbons (Fsp3) is 0.357. The number of nitrogens with zero attached hydrogens (tertiary/aromatic N) is 2. The summed E-state index contributed by atoms with van der Waals surface area (Å²) in [6, 6.07) is 5.42. The highest BCUT2D eigenvalue weighted by molar-refractivity contribution is 5.80. The second-order valence-electron chi connectivity index (χ2n) is 4.60. The molecule has 0 saturated heterocycles. The molecule has 100 valence electrons. The number of aldehydes is 1. The molecule has 0 aliphatic carbocycles. The van der Waals surface area contributed by atoms with E-state index in [4.69, 9.17) is 9.26 Å². The van der Waals surface area contributed by atoms with Crippen molar-refractivity contribution in [2.75, 3.05) is 0 Å². The lowest BCUT2D eigenvalue weighted by Gasteiger charge is -2.09. The maximum Gasteiger partial charge on any atom is 0.229 e. The molecule has 5 nitrogen and oxygen atoms in total. The summed E-state index contributed by atoms with van der Waals surface area (Å²) < 4.78 is 10.7. The smallest absolute Gasteiger partial charge is 0.229 e. The van der Waals surface area contributed by atoms with Crippen molar-refractivity contribution < 1.29 is 14.1 Å². The van der Waals surface area contributed by atoms with Crippen molar-refractivity contribution in [3.8, 4) is 5.75 Å². The zero-order valence-electron chi connectivity index (χ0n) is 11.2. The lowest BCUT2D eigenvalue weighted by molar-refractivity contribution is 0.111. The van der Waals surface area contributed by atoms with Crippen molar-refractivity contribution in [3.05, 3.63) is 41.0 Å². The summed E-state index contributed by atoms with van der Waals surface area (Å²) in [5.41, 5.74) is 1.42. The summed E-state index contributed by atoms with van der Waals surface area (Å²) in [5, 5.41) is 3.84. The fourth-order valence-electron chi connectivity index (χ4n) is 1.66. The average Bonchev–Trinajstić information content (AvgIpc) is 2.86. The summed E-state index contributed by atoms with van der Waals surface area (Å²) in [6.07, 6.45) is 0.776. The van der Waals surface area contributed by atoms with Gasteiger partial charge in [-0.1, -0.05) is 31.1 Å². The highest BCUT2D eigenvalue weighted by atomic mass is 16.5. The molecule has 0 aliphatic rings. The maximum atomic E-state index is 11.0. The Balaban J connectivity index is 2.12. The summed E-state index contributed by atoms with van der Waals surface area (Å²) in [5.74, 6) is 1.81. The van der Waals surface area contributed by atoms with Gasteiger partial charge < -0.3 is 9.26 Å². The number of benzene rings is 1. The van der Waals surface area contributed by atoms with Gasteiger partial charge in [-0.2, -0.15) is 4.98 Å². The maximum absolute atomic E-state index is 11.0. The summed E-state index contributed by atoms with van der Waals surface area (Å²) >= 11 is 0. The summed E-state index contributed by atoms with van der Waals surface area (Å²) in [7, 11) is 0. The Hall–Kier alpha value is -2.17. The normalized spacial score (nSPS) is 10.7. The van der Waals surface area contributed by atoms with E-state index in [1.165, 1.54) is 0 Å². The lowest BCUT2D eigenvalue weighted by atomic mass is 10.1. The van der Waals surface area contributed by atoms with Gasteiger partial charge in [-0.25, -0.2) is 0 Å². The van der Waals surface area contributed by atoms with E-state index in [1.54, 1.807) is 6.07 Å². The Bertz CT molecular complexity index is 576. The first-order valence-electron chi connectivity index (χ1n) is 6.12. The van der Waals surface area contributed by atoms with Crippen molar-refractivity contribution in [2.45, 2.75) is 33.3 Å². The van der Waals surface area contributed by atoms with Crippen LogP contribution in [0.25, 0.3) is 0 Å². The lowest BCUT2D eigenvalue weighted by Crippen LogP contribution is -2.02. The first-order chi connectivity index (χ1) is 9.11. The Morgan fingerprint density at radius 3 is 2.84 bits per heavy atom. The van der Waals surface area contributed by atoms with E-state index in [0.717, 1.165) is 11.8 Å². The zero-order valence-corrected chi connectivity index (χ0v) is 11.2. The Morgan fingerprint density at radius 1 is 1.42 bits per heavy atom. The quantitative estimate of drug-likeness (QED) is 0.773. The van der Waals surface area contributed by atoms with Crippen LogP contribution in [-0.4, -0.2) is 16.4 Å². The molecule has 0 spiro atoms. The van der Waals surface area contributed by atoms with E-state index in [9.17, 15) is 4.79 Å². The van der Waals surface area contributed by atoms with Gasteiger partial charge in [0, 0.05) is 5.92 Å². The van der Waals surface area contributed by atoms with Crippen LogP contribution in [0.4, 0.5) is 0 Å². The number of rotatable bonds is 5. The number of hydrogen-bond donors (Lipinski definition) is 0. The largest absolute Gasteiger partial charge is 0.484 e. The van der Waals surface area contributed by atoms with Crippen molar-refractivity contribution in [2.24, 2.45) is 0 Å². The molecule has 0 N–H and O–H groups in total. The Morgan fingerprint density at radius 2 is 2.21 bits per heavy atom. The average molecular weight is 260 g/mol. The molecule has 1 aromatic heterocycles. The van der Waals surface area contributed by atoms with Crippen LogP contribution < -0.4 is 4.74 Å². The standard InChI is InChI=1S/C14H16N2O3/c1-9(2)14-15-12(16-19-14)8-18-13-10(3)5-4-6-11(13)7-17/h4-7,9H,8H2,1-3H3. The first kappa shape index (κ1) is 13.3. The van der Waals surface area contributed by atoms with Gasteiger partial charge in [0.25, 0.3) is 0 Å². The van der Waals surface area contributed by atoms with Crippen molar-refractivity contribution in [1.29, 1.82) is 0 Å².